The van der Waals surface area contributed by atoms with Crippen molar-refractivity contribution in [3.8, 4) is 0 Å². The van der Waals surface area contributed by atoms with Gasteiger partial charge in [-0.15, -0.1) is 0 Å². The van der Waals surface area contributed by atoms with Crippen LogP contribution in [0.25, 0.3) is 6.08 Å². The molecule has 2 rings (SSSR count). The molecular weight excluding hydrogens is 262 g/mol. The van der Waals surface area contributed by atoms with Gasteiger partial charge in [-0.1, -0.05) is 49.6 Å². The highest BCUT2D eigenvalue weighted by atomic mass is 16.3. The normalized spacial score (nSPS) is 26.0. The molecule has 2 unspecified atom stereocenters. The summed E-state index contributed by atoms with van der Waals surface area (Å²) in [6.07, 6.45) is 7.09. The van der Waals surface area contributed by atoms with Crippen molar-refractivity contribution in [1.82, 2.24) is 5.32 Å². The molecule has 1 amide bonds. The number of aliphatic hydroxyl groups is 1. The molecule has 114 valence electrons. The Morgan fingerprint density at radius 2 is 2.33 bits per heavy atom. The Morgan fingerprint density at radius 3 is 3.05 bits per heavy atom. The Balaban J connectivity index is 1.84. The molecule has 2 N–H and O–H groups in total. The van der Waals surface area contributed by atoms with Gasteiger partial charge < -0.3 is 10.4 Å². The van der Waals surface area contributed by atoms with Gasteiger partial charge in [0, 0.05) is 12.6 Å². The van der Waals surface area contributed by atoms with E-state index in [1.165, 1.54) is 18.1 Å². The highest BCUT2D eigenvalue weighted by Gasteiger charge is 2.32. The maximum Gasteiger partial charge on any atom is 0.244 e. The maximum atomic E-state index is 11.9. The fraction of sp³-hybridized carbons (Fsp3) is 0.500. The van der Waals surface area contributed by atoms with Crippen molar-refractivity contribution < 1.29 is 9.90 Å². The number of carbonyl (C=O) groups is 1. The standard InChI is InChI=1S/C18H25NO2/c1-14-5-3-7-16(11-14)8-9-17(20)19-13-18(21)10-4-6-15(2)12-18/h3,5,7-9,11,15,21H,4,6,10,12-13H2,1-2H3,(H,19,20). The van der Waals surface area contributed by atoms with Crippen LogP contribution in [0.15, 0.2) is 30.3 Å². The second-order valence-electron chi connectivity index (χ2n) is 6.39. The highest BCUT2D eigenvalue weighted by molar-refractivity contribution is 5.91. The number of rotatable bonds is 4. The first kappa shape index (κ1) is 15.8. The summed E-state index contributed by atoms with van der Waals surface area (Å²) in [5.74, 6) is 0.381. The van der Waals surface area contributed by atoms with E-state index in [0.29, 0.717) is 12.5 Å². The minimum Gasteiger partial charge on any atom is -0.388 e. The number of hydrogen-bond donors (Lipinski definition) is 2. The smallest absolute Gasteiger partial charge is 0.244 e. The van der Waals surface area contributed by atoms with Gasteiger partial charge in [0.05, 0.1) is 5.60 Å². The topological polar surface area (TPSA) is 49.3 Å². The summed E-state index contributed by atoms with van der Waals surface area (Å²) in [5, 5.41) is 13.3. The van der Waals surface area contributed by atoms with E-state index in [9.17, 15) is 9.90 Å². The van der Waals surface area contributed by atoms with E-state index in [0.717, 1.165) is 24.8 Å². The first-order valence-corrected chi connectivity index (χ1v) is 7.72. The minimum absolute atomic E-state index is 0.150. The summed E-state index contributed by atoms with van der Waals surface area (Å²) in [5.41, 5.74) is 1.45. The van der Waals surface area contributed by atoms with Gasteiger partial charge >= 0.3 is 0 Å². The van der Waals surface area contributed by atoms with Crippen molar-refractivity contribution in [2.24, 2.45) is 5.92 Å². The van der Waals surface area contributed by atoms with Crippen molar-refractivity contribution >= 4 is 12.0 Å². The van der Waals surface area contributed by atoms with Gasteiger partial charge in [-0.2, -0.15) is 0 Å². The Hall–Kier alpha value is -1.61. The number of aryl methyl sites for hydroxylation is 1. The summed E-state index contributed by atoms with van der Waals surface area (Å²) in [4.78, 5) is 11.9. The fourth-order valence-electron chi connectivity index (χ4n) is 3.05. The lowest BCUT2D eigenvalue weighted by Gasteiger charge is -2.35. The Bertz CT molecular complexity index is 524. The summed E-state index contributed by atoms with van der Waals surface area (Å²) in [6.45, 7) is 4.52. The molecule has 1 fully saturated rings. The third kappa shape index (κ3) is 5.01. The molecular formula is C18H25NO2. The van der Waals surface area contributed by atoms with Gasteiger partial charge in [0.25, 0.3) is 0 Å². The lowest BCUT2D eigenvalue weighted by atomic mass is 9.79. The molecule has 0 aromatic heterocycles. The zero-order valence-electron chi connectivity index (χ0n) is 12.9. The van der Waals surface area contributed by atoms with Crippen molar-refractivity contribution in [1.29, 1.82) is 0 Å². The number of benzene rings is 1. The zero-order valence-corrected chi connectivity index (χ0v) is 12.9. The van der Waals surface area contributed by atoms with Gasteiger partial charge in [0.1, 0.15) is 0 Å². The van der Waals surface area contributed by atoms with Crippen molar-refractivity contribution in [3.63, 3.8) is 0 Å². The minimum atomic E-state index is -0.732. The fourth-order valence-corrected chi connectivity index (χ4v) is 3.05. The van der Waals surface area contributed by atoms with E-state index in [2.05, 4.69) is 12.2 Å². The quantitative estimate of drug-likeness (QED) is 0.836. The monoisotopic (exact) mass is 287 g/mol. The molecule has 0 aliphatic heterocycles. The van der Waals surface area contributed by atoms with E-state index in [-0.39, 0.29) is 5.91 Å². The Morgan fingerprint density at radius 1 is 1.52 bits per heavy atom. The van der Waals surface area contributed by atoms with Crippen LogP contribution < -0.4 is 5.32 Å². The van der Waals surface area contributed by atoms with E-state index in [4.69, 9.17) is 0 Å². The molecule has 1 aromatic rings. The van der Waals surface area contributed by atoms with Gasteiger partial charge in [0.15, 0.2) is 0 Å². The molecule has 0 spiro atoms. The van der Waals surface area contributed by atoms with Gasteiger partial charge in [0.2, 0.25) is 5.91 Å². The second kappa shape index (κ2) is 6.90. The Kier molecular flexibility index (Phi) is 5.18. The van der Waals surface area contributed by atoms with E-state index in [1.54, 1.807) is 6.08 Å². The molecule has 0 heterocycles. The number of nitrogens with one attached hydrogen (secondary N) is 1. The average molecular weight is 287 g/mol. The molecule has 0 bridgehead atoms. The maximum absolute atomic E-state index is 11.9. The first-order chi connectivity index (χ1) is 9.97. The van der Waals surface area contributed by atoms with Crippen LogP contribution in [-0.2, 0) is 4.79 Å². The molecule has 1 aromatic carbocycles. The van der Waals surface area contributed by atoms with Crippen molar-refractivity contribution in [2.45, 2.75) is 45.1 Å². The van der Waals surface area contributed by atoms with E-state index >= 15 is 0 Å². The molecule has 21 heavy (non-hydrogen) atoms. The van der Waals surface area contributed by atoms with Crippen LogP contribution >= 0.6 is 0 Å². The van der Waals surface area contributed by atoms with Crippen LogP contribution in [0.2, 0.25) is 0 Å². The van der Waals surface area contributed by atoms with Crippen LogP contribution in [0.5, 0.6) is 0 Å². The van der Waals surface area contributed by atoms with Crippen LogP contribution in [0, 0.1) is 12.8 Å². The van der Waals surface area contributed by atoms with Crippen molar-refractivity contribution in [3.05, 3.63) is 41.5 Å². The van der Waals surface area contributed by atoms with Crippen LogP contribution in [0.4, 0.5) is 0 Å². The lowest BCUT2D eigenvalue weighted by Crippen LogP contribution is -2.45. The largest absolute Gasteiger partial charge is 0.388 e. The third-order valence-electron chi connectivity index (χ3n) is 4.13. The van der Waals surface area contributed by atoms with Gasteiger partial charge in [-0.05, 0) is 37.3 Å². The average Bonchev–Trinajstić information content (AvgIpc) is 2.43. The van der Waals surface area contributed by atoms with Crippen LogP contribution in [0.3, 0.4) is 0 Å². The summed E-state index contributed by atoms with van der Waals surface area (Å²) < 4.78 is 0. The molecule has 3 nitrogen and oxygen atoms in total. The summed E-state index contributed by atoms with van der Waals surface area (Å²) in [6, 6.07) is 7.99. The van der Waals surface area contributed by atoms with E-state index in [1.807, 2.05) is 31.2 Å². The molecule has 1 saturated carbocycles. The van der Waals surface area contributed by atoms with Crippen LogP contribution in [-0.4, -0.2) is 23.2 Å². The summed E-state index contributed by atoms with van der Waals surface area (Å²) in [7, 11) is 0. The molecule has 1 aliphatic rings. The molecule has 0 saturated heterocycles. The van der Waals surface area contributed by atoms with E-state index < -0.39 is 5.60 Å². The summed E-state index contributed by atoms with van der Waals surface area (Å²) >= 11 is 0. The van der Waals surface area contributed by atoms with Crippen molar-refractivity contribution in [2.75, 3.05) is 6.54 Å². The third-order valence-corrected chi connectivity index (χ3v) is 4.13. The number of hydrogen-bond acceptors (Lipinski definition) is 2. The molecule has 1 aliphatic carbocycles. The SMILES string of the molecule is Cc1cccc(C=CC(=O)NCC2(O)CCCC(C)C2)c1. The molecule has 2 atom stereocenters. The number of carbonyl (C=O) groups excluding carboxylic acids is 1. The predicted octanol–water partition coefficient (Wildman–Crippen LogP) is 3.07. The molecule has 3 heteroatoms. The lowest BCUT2D eigenvalue weighted by molar-refractivity contribution is -0.118. The van der Waals surface area contributed by atoms with Gasteiger partial charge in [-0.25, -0.2) is 0 Å². The first-order valence-electron chi connectivity index (χ1n) is 7.72. The number of amides is 1. The second-order valence-corrected chi connectivity index (χ2v) is 6.39. The molecule has 0 radical (unpaired) electrons. The highest BCUT2D eigenvalue weighted by Crippen LogP contribution is 2.31. The predicted molar refractivity (Wildman–Crippen MR) is 85.8 cm³/mol. The van der Waals surface area contributed by atoms with Gasteiger partial charge in [-0.3, -0.25) is 4.79 Å². The van der Waals surface area contributed by atoms with Crippen LogP contribution in [0.1, 0.15) is 43.7 Å². The zero-order chi connectivity index (χ0) is 15.3. The Labute approximate surface area is 127 Å².